The molecule has 0 radical (unpaired) electrons. The lowest BCUT2D eigenvalue weighted by atomic mass is 10.0. The van der Waals surface area contributed by atoms with E-state index >= 15 is 0 Å². The van der Waals surface area contributed by atoms with Gasteiger partial charge in [0.2, 0.25) is 0 Å². The summed E-state index contributed by atoms with van der Waals surface area (Å²) in [7, 11) is 0. The van der Waals surface area contributed by atoms with Crippen LogP contribution in [0.2, 0.25) is 5.02 Å². The van der Waals surface area contributed by atoms with E-state index in [4.69, 9.17) is 16.7 Å². The monoisotopic (exact) mass is 314 g/mol. The molecule has 0 bridgehead atoms. The summed E-state index contributed by atoms with van der Waals surface area (Å²) in [4.78, 5) is 21.3. The maximum Gasteiger partial charge on any atom is 0.338 e. The molecule has 8 heteroatoms. The summed E-state index contributed by atoms with van der Waals surface area (Å²) >= 11 is 5.94. The highest BCUT2D eigenvalue weighted by atomic mass is 35.5. The highest BCUT2D eigenvalue weighted by Crippen LogP contribution is 2.34. The fraction of sp³-hybridized carbons (Fsp3) is 0.462. The summed E-state index contributed by atoms with van der Waals surface area (Å²) in [5.74, 6) is -1.32. The number of benzene rings is 1. The topological polar surface area (TPSA) is 113 Å². The van der Waals surface area contributed by atoms with Crippen molar-refractivity contribution in [1.29, 1.82) is 0 Å². The number of rotatable bonds is 5. The van der Waals surface area contributed by atoms with E-state index in [1.807, 2.05) is 0 Å². The van der Waals surface area contributed by atoms with Crippen LogP contribution in [0.25, 0.3) is 0 Å². The number of nitro benzene ring substituents is 1. The first kappa shape index (κ1) is 15.5. The Morgan fingerprint density at radius 1 is 1.43 bits per heavy atom. The Morgan fingerprint density at radius 3 is 2.57 bits per heavy atom. The number of nitro groups is 1. The molecule has 21 heavy (non-hydrogen) atoms. The van der Waals surface area contributed by atoms with Gasteiger partial charge in [0.25, 0.3) is 5.69 Å². The van der Waals surface area contributed by atoms with Gasteiger partial charge in [0, 0.05) is 18.7 Å². The number of hydrogen-bond donors (Lipinski definition) is 3. The molecule has 114 valence electrons. The minimum absolute atomic E-state index is 0.0526. The Balaban J connectivity index is 2.29. The van der Waals surface area contributed by atoms with Crippen molar-refractivity contribution >= 4 is 28.9 Å². The molecule has 0 aliphatic heterocycles. The fourth-order valence-corrected chi connectivity index (χ4v) is 2.79. The van der Waals surface area contributed by atoms with Gasteiger partial charge in [-0.3, -0.25) is 10.1 Å². The van der Waals surface area contributed by atoms with Crippen molar-refractivity contribution in [3.8, 4) is 0 Å². The Morgan fingerprint density at radius 2 is 2.05 bits per heavy atom. The van der Waals surface area contributed by atoms with Crippen LogP contribution in [0, 0.1) is 10.1 Å². The molecule has 1 aromatic rings. The second-order valence-electron chi connectivity index (χ2n) is 5.20. The van der Waals surface area contributed by atoms with Crippen LogP contribution in [0.1, 0.15) is 36.0 Å². The lowest BCUT2D eigenvalue weighted by molar-refractivity contribution is -0.384. The van der Waals surface area contributed by atoms with Gasteiger partial charge in [0.15, 0.2) is 0 Å². The highest BCUT2D eigenvalue weighted by Gasteiger charge is 2.31. The van der Waals surface area contributed by atoms with Gasteiger partial charge < -0.3 is 15.5 Å². The van der Waals surface area contributed by atoms with E-state index < -0.39 is 16.5 Å². The molecule has 1 aliphatic rings. The third kappa shape index (κ3) is 3.43. The predicted molar refractivity (Wildman–Crippen MR) is 77.0 cm³/mol. The van der Waals surface area contributed by atoms with E-state index in [2.05, 4.69) is 5.32 Å². The van der Waals surface area contributed by atoms with Gasteiger partial charge in [-0.25, -0.2) is 4.79 Å². The first-order valence-corrected chi connectivity index (χ1v) is 6.88. The number of aliphatic hydroxyl groups is 1. The minimum atomic E-state index is -1.32. The van der Waals surface area contributed by atoms with Crippen molar-refractivity contribution in [2.75, 3.05) is 11.9 Å². The molecule has 0 heterocycles. The Hall–Kier alpha value is -1.86. The molecule has 3 N–H and O–H groups in total. The summed E-state index contributed by atoms with van der Waals surface area (Å²) in [6.07, 6.45) is 3.09. The normalized spacial score (nSPS) is 16.7. The Labute approximate surface area is 125 Å². The number of aromatic carboxylic acids is 1. The predicted octanol–water partition coefficient (Wildman–Crippen LogP) is 2.66. The van der Waals surface area contributed by atoms with E-state index in [1.165, 1.54) is 0 Å². The van der Waals surface area contributed by atoms with Crippen LogP contribution in [-0.4, -0.2) is 33.3 Å². The highest BCUT2D eigenvalue weighted by molar-refractivity contribution is 6.34. The number of hydrogen-bond acceptors (Lipinski definition) is 5. The zero-order chi connectivity index (χ0) is 15.6. The standard InChI is InChI=1S/C13H15ClN2O5/c14-10-6-8(16(20)21)5-9(12(17)18)11(10)15-7-13(19)3-1-2-4-13/h5-6,15,19H,1-4,7H2,(H,17,18). The van der Waals surface area contributed by atoms with Crippen LogP contribution in [-0.2, 0) is 0 Å². The number of carboxylic acid groups (broad SMARTS) is 1. The largest absolute Gasteiger partial charge is 0.478 e. The third-order valence-electron chi connectivity index (χ3n) is 3.64. The number of anilines is 1. The summed E-state index contributed by atoms with van der Waals surface area (Å²) < 4.78 is 0. The molecular formula is C13H15ClN2O5. The average molecular weight is 315 g/mol. The minimum Gasteiger partial charge on any atom is -0.478 e. The maximum absolute atomic E-state index is 11.2. The average Bonchev–Trinajstić information content (AvgIpc) is 2.83. The van der Waals surface area contributed by atoms with Crippen molar-refractivity contribution in [2.45, 2.75) is 31.3 Å². The summed E-state index contributed by atoms with van der Waals surface area (Å²) in [5, 5.41) is 32.9. The van der Waals surface area contributed by atoms with Crippen LogP contribution in [0.5, 0.6) is 0 Å². The van der Waals surface area contributed by atoms with E-state index in [0.717, 1.165) is 25.0 Å². The number of nitrogens with one attached hydrogen (secondary N) is 1. The van der Waals surface area contributed by atoms with E-state index in [-0.39, 0.29) is 28.5 Å². The number of halogens is 1. The van der Waals surface area contributed by atoms with Gasteiger partial charge in [0.05, 0.1) is 26.8 Å². The van der Waals surface area contributed by atoms with Crippen LogP contribution < -0.4 is 5.32 Å². The maximum atomic E-state index is 11.2. The SMILES string of the molecule is O=C(O)c1cc([N+](=O)[O-])cc(Cl)c1NCC1(O)CCCC1. The zero-order valence-corrected chi connectivity index (χ0v) is 11.9. The van der Waals surface area contributed by atoms with E-state index in [0.29, 0.717) is 12.8 Å². The lowest BCUT2D eigenvalue weighted by Gasteiger charge is -2.24. The van der Waals surface area contributed by atoms with Crippen molar-refractivity contribution in [1.82, 2.24) is 0 Å². The molecule has 0 unspecified atom stereocenters. The van der Waals surface area contributed by atoms with Gasteiger partial charge in [-0.15, -0.1) is 0 Å². The first-order valence-electron chi connectivity index (χ1n) is 6.50. The number of carbonyl (C=O) groups is 1. The van der Waals surface area contributed by atoms with Crippen LogP contribution in [0.4, 0.5) is 11.4 Å². The van der Waals surface area contributed by atoms with Crippen molar-refractivity contribution in [3.63, 3.8) is 0 Å². The van der Waals surface area contributed by atoms with E-state index in [1.54, 1.807) is 0 Å². The second-order valence-corrected chi connectivity index (χ2v) is 5.60. The molecule has 7 nitrogen and oxygen atoms in total. The quantitative estimate of drug-likeness (QED) is 0.569. The van der Waals surface area contributed by atoms with Gasteiger partial charge in [-0.2, -0.15) is 0 Å². The molecule has 0 atom stereocenters. The smallest absolute Gasteiger partial charge is 0.338 e. The summed E-state index contributed by atoms with van der Waals surface area (Å²) in [5.41, 5.74) is -1.46. The van der Waals surface area contributed by atoms with Crippen LogP contribution >= 0.6 is 11.6 Å². The number of non-ortho nitro benzene ring substituents is 1. The van der Waals surface area contributed by atoms with Crippen molar-refractivity contribution in [2.24, 2.45) is 0 Å². The molecule has 0 amide bonds. The number of carboxylic acids is 1. The summed E-state index contributed by atoms with van der Waals surface area (Å²) in [6.45, 7) is 0.158. The Bertz CT molecular complexity index is 584. The summed E-state index contributed by atoms with van der Waals surface area (Å²) in [6, 6.07) is 2.05. The fourth-order valence-electron chi connectivity index (χ4n) is 2.51. The molecule has 0 saturated heterocycles. The Kier molecular flexibility index (Phi) is 4.34. The third-order valence-corrected chi connectivity index (χ3v) is 3.94. The molecule has 0 aromatic heterocycles. The second kappa shape index (κ2) is 5.87. The van der Waals surface area contributed by atoms with Crippen molar-refractivity contribution in [3.05, 3.63) is 32.8 Å². The van der Waals surface area contributed by atoms with Crippen LogP contribution in [0.15, 0.2) is 12.1 Å². The van der Waals surface area contributed by atoms with Gasteiger partial charge in [-0.1, -0.05) is 24.4 Å². The van der Waals surface area contributed by atoms with E-state index in [9.17, 15) is 20.0 Å². The van der Waals surface area contributed by atoms with Crippen molar-refractivity contribution < 1.29 is 19.9 Å². The van der Waals surface area contributed by atoms with Gasteiger partial charge >= 0.3 is 5.97 Å². The molecule has 2 rings (SSSR count). The number of nitrogens with zero attached hydrogens (tertiary/aromatic N) is 1. The molecular weight excluding hydrogens is 300 g/mol. The molecule has 1 aromatic carbocycles. The van der Waals surface area contributed by atoms with Gasteiger partial charge in [0.1, 0.15) is 0 Å². The first-order chi connectivity index (χ1) is 9.82. The molecule has 1 saturated carbocycles. The molecule has 1 fully saturated rings. The molecule has 0 spiro atoms. The molecule has 1 aliphatic carbocycles. The lowest BCUT2D eigenvalue weighted by Crippen LogP contribution is -2.34. The zero-order valence-electron chi connectivity index (χ0n) is 11.1. The van der Waals surface area contributed by atoms with Gasteiger partial charge in [-0.05, 0) is 12.8 Å². The van der Waals surface area contributed by atoms with Crippen LogP contribution in [0.3, 0.4) is 0 Å².